The van der Waals surface area contributed by atoms with Gasteiger partial charge in [0.25, 0.3) is 0 Å². The molecule has 172 valence electrons. The van der Waals surface area contributed by atoms with Crippen LogP contribution >= 0.6 is 11.8 Å². The van der Waals surface area contributed by atoms with Crippen molar-refractivity contribution in [1.29, 1.82) is 0 Å². The van der Waals surface area contributed by atoms with Gasteiger partial charge in [-0.25, -0.2) is 0 Å². The smallest absolute Gasteiger partial charge is 0.243 e. The number of aromatic amines is 1. The molecule has 0 bridgehead atoms. The van der Waals surface area contributed by atoms with Gasteiger partial charge in [0, 0.05) is 61.5 Å². The summed E-state index contributed by atoms with van der Waals surface area (Å²) in [6.45, 7) is 2.55. The Morgan fingerprint density at radius 2 is 2.00 bits per heavy atom. The van der Waals surface area contributed by atoms with Gasteiger partial charge in [-0.05, 0) is 42.7 Å². The maximum Gasteiger partial charge on any atom is 0.243 e. The summed E-state index contributed by atoms with van der Waals surface area (Å²) in [6.07, 6.45) is 3.40. The van der Waals surface area contributed by atoms with E-state index in [-0.39, 0.29) is 22.6 Å². The number of H-pyrrole nitrogens is 1. The van der Waals surface area contributed by atoms with Crippen molar-refractivity contribution in [3.63, 3.8) is 0 Å². The molecule has 5 rings (SSSR count). The van der Waals surface area contributed by atoms with Crippen LogP contribution in [0.25, 0.3) is 10.9 Å². The molecule has 3 atom stereocenters. The first kappa shape index (κ1) is 21.9. The van der Waals surface area contributed by atoms with Crippen molar-refractivity contribution < 1.29 is 9.59 Å². The van der Waals surface area contributed by atoms with E-state index in [2.05, 4.69) is 58.5 Å². The van der Waals surface area contributed by atoms with E-state index in [1.165, 1.54) is 0 Å². The van der Waals surface area contributed by atoms with Gasteiger partial charge in [-0.1, -0.05) is 30.3 Å². The number of benzene rings is 2. The number of anilines is 1. The fraction of sp³-hybridized carbons (Fsp3) is 0.385. The fourth-order valence-electron chi connectivity index (χ4n) is 5.13. The highest BCUT2D eigenvalue weighted by molar-refractivity contribution is 8.01. The molecule has 2 fully saturated rings. The highest BCUT2D eigenvalue weighted by atomic mass is 32.2. The Bertz CT molecular complexity index is 1190. The molecule has 2 aliphatic rings. The molecule has 3 aromatic rings. The number of nitrogens with one attached hydrogen (secondary N) is 2. The summed E-state index contributed by atoms with van der Waals surface area (Å²) in [6, 6.07) is 16.4. The predicted octanol–water partition coefficient (Wildman–Crippen LogP) is 3.94. The number of thioether (sulfide) groups is 1. The van der Waals surface area contributed by atoms with Crippen LogP contribution in [0.2, 0.25) is 0 Å². The van der Waals surface area contributed by atoms with Gasteiger partial charge in [0.05, 0.1) is 4.87 Å². The van der Waals surface area contributed by atoms with Gasteiger partial charge in [-0.2, -0.15) is 0 Å². The van der Waals surface area contributed by atoms with Crippen molar-refractivity contribution in [3.05, 3.63) is 65.9 Å². The first-order valence-corrected chi connectivity index (χ1v) is 12.4. The number of carbonyl (C=O) groups is 2. The molecule has 6 nitrogen and oxygen atoms in total. The number of rotatable bonds is 6. The lowest BCUT2D eigenvalue weighted by Gasteiger charge is -2.30. The van der Waals surface area contributed by atoms with E-state index in [1.807, 2.05) is 37.3 Å². The van der Waals surface area contributed by atoms with Crippen molar-refractivity contribution >= 4 is 40.2 Å². The molecule has 2 aromatic carbocycles. The van der Waals surface area contributed by atoms with E-state index in [0.29, 0.717) is 18.7 Å². The minimum Gasteiger partial charge on any atom is -0.378 e. The maximum atomic E-state index is 13.3. The van der Waals surface area contributed by atoms with Gasteiger partial charge < -0.3 is 20.1 Å². The van der Waals surface area contributed by atoms with Crippen LogP contribution < -0.4 is 10.2 Å². The molecule has 0 aliphatic carbocycles. The van der Waals surface area contributed by atoms with E-state index in [0.717, 1.165) is 34.1 Å². The minimum atomic E-state index is -0.394. The van der Waals surface area contributed by atoms with Crippen molar-refractivity contribution in [2.45, 2.75) is 36.6 Å². The van der Waals surface area contributed by atoms with Gasteiger partial charge in [-0.3, -0.25) is 9.59 Å². The molecule has 0 saturated carbocycles. The summed E-state index contributed by atoms with van der Waals surface area (Å²) >= 11 is 1.72. The monoisotopic (exact) mass is 462 g/mol. The van der Waals surface area contributed by atoms with Crippen LogP contribution in [0.5, 0.6) is 0 Å². The van der Waals surface area contributed by atoms with Crippen molar-refractivity contribution in [2.24, 2.45) is 0 Å². The quantitative estimate of drug-likeness (QED) is 0.582. The van der Waals surface area contributed by atoms with Gasteiger partial charge in [0.15, 0.2) is 0 Å². The van der Waals surface area contributed by atoms with Crippen LogP contribution in [0.1, 0.15) is 36.8 Å². The average molecular weight is 463 g/mol. The lowest BCUT2D eigenvalue weighted by molar-refractivity contribution is -0.137. The number of fused-ring (bicyclic) bond motifs is 2. The third-order valence-electron chi connectivity index (χ3n) is 7.04. The SMILES string of the molecule is CN(C)c1ccc(C(CNC(=O)C2CSC3(C)CCC(=O)N23)c2c[nH]c3ccccc23)cc1. The molecular weight excluding hydrogens is 432 g/mol. The Labute approximate surface area is 198 Å². The van der Waals surface area contributed by atoms with Gasteiger partial charge in [-0.15, -0.1) is 11.8 Å². The first-order chi connectivity index (χ1) is 15.9. The number of nitrogens with zero attached hydrogens (tertiary/aromatic N) is 2. The van der Waals surface area contributed by atoms with Crippen molar-refractivity contribution in [3.8, 4) is 0 Å². The van der Waals surface area contributed by atoms with Gasteiger partial charge in [0.2, 0.25) is 11.8 Å². The van der Waals surface area contributed by atoms with E-state index in [1.54, 1.807) is 11.8 Å². The molecule has 2 N–H and O–H groups in total. The lowest BCUT2D eigenvalue weighted by Crippen LogP contribution is -2.50. The third-order valence-corrected chi connectivity index (χ3v) is 8.54. The molecular formula is C26H30N4O2S. The number of hydrogen-bond acceptors (Lipinski definition) is 4. The maximum absolute atomic E-state index is 13.3. The summed E-state index contributed by atoms with van der Waals surface area (Å²) in [4.78, 5) is 32.8. The second-order valence-corrected chi connectivity index (χ2v) is 10.8. The zero-order valence-corrected chi connectivity index (χ0v) is 20.1. The second-order valence-electron chi connectivity index (χ2n) is 9.34. The molecule has 2 aliphatic heterocycles. The lowest BCUT2D eigenvalue weighted by atomic mass is 9.90. The molecule has 0 spiro atoms. The molecule has 0 radical (unpaired) electrons. The summed E-state index contributed by atoms with van der Waals surface area (Å²) in [7, 11) is 4.05. The van der Waals surface area contributed by atoms with Gasteiger partial charge >= 0.3 is 0 Å². The van der Waals surface area contributed by atoms with E-state index in [4.69, 9.17) is 0 Å². The Morgan fingerprint density at radius 3 is 2.76 bits per heavy atom. The molecule has 7 heteroatoms. The number of carbonyl (C=O) groups excluding carboxylic acids is 2. The van der Waals surface area contributed by atoms with Crippen molar-refractivity contribution in [1.82, 2.24) is 15.2 Å². The number of aromatic nitrogens is 1. The summed E-state index contributed by atoms with van der Waals surface area (Å²) in [5, 5.41) is 4.35. The Kier molecular flexibility index (Phi) is 5.60. The molecule has 2 amide bonds. The molecule has 2 saturated heterocycles. The molecule has 1 aromatic heterocycles. The van der Waals surface area contributed by atoms with Crippen LogP contribution in [0.3, 0.4) is 0 Å². The van der Waals surface area contributed by atoms with Crippen LogP contribution in [0, 0.1) is 0 Å². The highest BCUT2D eigenvalue weighted by Crippen LogP contribution is 2.47. The fourth-order valence-corrected chi connectivity index (χ4v) is 6.56. The topological polar surface area (TPSA) is 68.4 Å². The number of hydrogen-bond donors (Lipinski definition) is 2. The average Bonchev–Trinajstić information content (AvgIpc) is 3.47. The predicted molar refractivity (Wildman–Crippen MR) is 135 cm³/mol. The number of para-hydroxylation sites is 1. The number of amides is 2. The van der Waals surface area contributed by atoms with Crippen LogP contribution in [-0.2, 0) is 9.59 Å². The normalized spacial score (nSPS) is 23.1. The van der Waals surface area contributed by atoms with Gasteiger partial charge in [0.1, 0.15) is 6.04 Å². The minimum absolute atomic E-state index is 0.00367. The Balaban J connectivity index is 1.41. The largest absolute Gasteiger partial charge is 0.378 e. The van der Waals surface area contributed by atoms with Crippen LogP contribution in [0.15, 0.2) is 54.7 Å². The summed E-state index contributed by atoms with van der Waals surface area (Å²) in [5.41, 5.74) is 4.52. The molecule has 3 unspecified atom stereocenters. The standard InChI is InChI=1S/C26H30N4O2S/c1-26-13-12-24(31)30(26)23(16-33-26)25(32)28-14-20(17-8-10-18(11-9-17)29(2)3)21-15-27-22-7-5-4-6-19(21)22/h4-11,15,20,23,27H,12-14,16H2,1-3H3,(H,28,32). The Hall–Kier alpha value is -2.93. The zero-order valence-electron chi connectivity index (χ0n) is 19.3. The summed E-state index contributed by atoms with van der Waals surface area (Å²) < 4.78 is 0. The van der Waals surface area contributed by atoms with E-state index < -0.39 is 6.04 Å². The van der Waals surface area contributed by atoms with Crippen LogP contribution in [0.4, 0.5) is 5.69 Å². The molecule has 3 heterocycles. The summed E-state index contributed by atoms with van der Waals surface area (Å²) in [5.74, 6) is 0.686. The van der Waals surface area contributed by atoms with Crippen molar-refractivity contribution in [2.75, 3.05) is 31.3 Å². The zero-order chi connectivity index (χ0) is 23.2. The first-order valence-electron chi connectivity index (χ1n) is 11.4. The van der Waals surface area contributed by atoms with E-state index >= 15 is 0 Å². The van der Waals surface area contributed by atoms with E-state index in [9.17, 15) is 9.59 Å². The second kappa shape index (κ2) is 8.45. The Morgan fingerprint density at radius 1 is 1.24 bits per heavy atom. The third kappa shape index (κ3) is 3.88. The molecule has 33 heavy (non-hydrogen) atoms. The highest BCUT2D eigenvalue weighted by Gasteiger charge is 2.52. The van der Waals surface area contributed by atoms with Crippen LogP contribution in [-0.4, -0.2) is 59.0 Å².